The van der Waals surface area contributed by atoms with Gasteiger partial charge in [0, 0.05) is 28.1 Å². The normalized spacial score (nSPS) is 11.5. The highest BCUT2D eigenvalue weighted by atomic mass is 79.9. The van der Waals surface area contributed by atoms with Crippen molar-refractivity contribution in [1.82, 2.24) is 9.79 Å². The predicted octanol–water partition coefficient (Wildman–Crippen LogP) is 4.92. The zero-order chi connectivity index (χ0) is 22.6. The van der Waals surface area contributed by atoms with Crippen molar-refractivity contribution in [1.29, 1.82) is 0 Å². The van der Waals surface area contributed by atoms with E-state index in [-0.39, 0.29) is 23.5 Å². The number of hydrogen-bond donors (Lipinski definition) is 2. The van der Waals surface area contributed by atoms with Crippen LogP contribution in [0.5, 0.6) is 0 Å². The number of nitrogens with one attached hydrogen (secondary N) is 1. The zero-order valence-corrected chi connectivity index (χ0v) is 19.7. The molecular weight excluding hydrogens is 504 g/mol. The van der Waals surface area contributed by atoms with Gasteiger partial charge in [0.05, 0.1) is 4.90 Å². The molecule has 0 aromatic heterocycles. The molecule has 0 fully saturated rings. The fraction of sp³-hybridized carbons (Fsp3) is 0.136. The molecule has 3 rings (SSSR count). The third-order valence-corrected chi connectivity index (χ3v) is 7.66. The van der Waals surface area contributed by atoms with E-state index < -0.39 is 15.9 Å². The number of sulfonamides is 1. The summed E-state index contributed by atoms with van der Waals surface area (Å²) in [6, 6.07) is 18.6. The monoisotopic (exact) mass is 522 g/mol. The van der Waals surface area contributed by atoms with Gasteiger partial charge >= 0.3 is 0 Å². The molecule has 0 radical (unpaired) electrons. The van der Waals surface area contributed by atoms with Crippen LogP contribution >= 0.6 is 27.5 Å². The van der Waals surface area contributed by atoms with Gasteiger partial charge in [-0.2, -0.15) is 4.31 Å². The maximum atomic E-state index is 13.6. The Balaban J connectivity index is 1.99. The molecule has 31 heavy (non-hydrogen) atoms. The molecular formula is C22H20BrClN2O4S. The molecule has 0 saturated carbocycles. The minimum Gasteiger partial charge on any atom is -0.288 e. The smallest absolute Gasteiger partial charge is 0.274 e. The van der Waals surface area contributed by atoms with E-state index in [9.17, 15) is 13.2 Å². The fourth-order valence-electron chi connectivity index (χ4n) is 3.06. The number of benzene rings is 3. The Morgan fingerprint density at radius 2 is 1.55 bits per heavy atom. The van der Waals surface area contributed by atoms with Gasteiger partial charge in [-0.05, 0) is 60.0 Å². The number of carbonyl (C=O) groups is 1. The van der Waals surface area contributed by atoms with Gasteiger partial charge in [-0.15, -0.1) is 0 Å². The molecule has 3 aromatic carbocycles. The maximum absolute atomic E-state index is 13.6. The van der Waals surface area contributed by atoms with E-state index in [1.807, 2.05) is 24.3 Å². The van der Waals surface area contributed by atoms with Crippen LogP contribution in [0.25, 0.3) is 0 Å². The Hall–Kier alpha value is -2.23. The topological polar surface area (TPSA) is 86.7 Å². The van der Waals surface area contributed by atoms with Crippen LogP contribution in [0.2, 0.25) is 5.02 Å². The molecule has 0 aliphatic heterocycles. The van der Waals surface area contributed by atoms with Gasteiger partial charge in [0.2, 0.25) is 10.0 Å². The highest BCUT2D eigenvalue weighted by Gasteiger charge is 2.27. The number of rotatable bonds is 7. The van der Waals surface area contributed by atoms with Crippen LogP contribution in [0, 0.1) is 6.92 Å². The minimum absolute atomic E-state index is 0.0887. The Morgan fingerprint density at radius 1 is 1.00 bits per heavy atom. The molecule has 3 aromatic rings. The molecule has 1 amide bonds. The number of nitrogens with zero attached hydrogens (tertiary/aromatic N) is 1. The lowest BCUT2D eigenvalue weighted by Crippen LogP contribution is -2.31. The van der Waals surface area contributed by atoms with Crippen molar-refractivity contribution in [2.24, 2.45) is 0 Å². The standard InChI is InChI=1S/C22H20BrClN2O4S/c1-15-20(24)3-2-4-21(15)31(29,30)26(14-17-7-11-19(23)12-8-17)13-16-5-9-18(10-6-16)22(27)25-28/h2-12,28H,13-14H2,1H3,(H,25,27). The first-order valence-electron chi connectivity index (χ1n) is 9.25. The van der Waals surface area contributed by atoms with Crippen LogP contribution < -0.4 is 5.48 Å². The van der Waals surface area contributed by atoms with E-state index in [2.05, 4.69) is 15.9 Å². The summed E-state index contributed by atoms with van der Waals surface area (Å²) in [5.74, 6) is -0.638. The Morgan fingerprint density at radius 3 is 2.10 bits per heavy atom. The average Bonchev–Trinajstić information content (AvgIpc) is 2.76. The molecule has 9 heteroatoms. The highest BCUT2D eigenvalue weighted by Crippen LogP contribution is 2.28. The summed E-state index contributed by atoms with van der Waals surface area (Å²) < 4.78 is 29.4. The van der Waals surface area contributed by atoms with Crippen LogP contribution in [-0.2, 0) is 23.1 Å². The summed E-state index contributed by atoms with van der Waals surface area (Å²) >= 11 is 9.56. The van der Waals surface area contributed by atoms with Crippen molar-refractivity contribution >= 4 is 43.5 Å². The Labute approximate surface area is 194 Å². The second-order valence-corrected chi connectivity index (χ2v) is 10.1. The van der Waals surface area contributed by atoms with E-state index >= 15 is 0 Å². The number of amides is 1. The van der Waals surface area contributed by atoms with E-state index in [4.69, 9.17) is 16.8 Å². The number of hydrogen-bond acceptors (Lipinski definition) is 4. The second kappa shape index (κ2) is 9.93. The fourth-order valence-corrected chi connectivity index (χ4v) is 5.21. The molecule has 0 heterocycles. The number of halogens is 2. The van der Waals surface area contributed by atoms with Crippen LogP contribution in [0.1, 0.15) is 27.0 Å². The van der Waals surface area contributed by atoms with Crippen LogP contribution in [0.3, 0.4) is 0 Å². The first-order chi connectivity index (χ1) is 14.7. The SMILES string of the molecule is Cc1c(Cl)cccc1S(=O)(=O)N(Cc1ccc(Br)cc1)Cc1ccc(C(=O)NO)cc1. The van der Waals surface area contributed by atoms with Gasteiger partial charge in [-0.1, -0.05) is 57.9 Å². The predicted molar refractivity (Wildman–Crippen MR) is 122 cm³/mol. The lowest BCUT2D eigenvalue weighted by atomic mass is 10.1. The van der Waals surface area contributed by atoms with Crippen molar-refractivity contribution in [3.8, 4) is 0 Å². The van der Waals surface area contributed by atoms with Gasteiger partial charge in [-0.3, -0.25) is 10.0 Å². The molecule has 162 valence electrons. The molecule has 0 bridgehead atoms. The summed E-state index contributed by atoms with van der Waals surface area (Å²) in [4.78, 5) is 11.7. The summed E-state index contributed by atoms with van der Waals surface area (Å²) in [6.07, 6.45) is 0. The molecule has 0 atom stereocenters. The van der Waals surface area contributed by atoms with Gasteiger partial charge < -0.3 is 0 Å². The molecule has 0 aliphatic carbocycles. The van der Waals surface area contributed by atoms with E-state index in [1.165, 1.54) is 16.4 Å². The van der Waals surface area contributed by atoms with Crippen molar-refractivity contribution in [2.75, 3.05) is 0 Å². The van der Waals surface area contributed by atoms with Gasteiger partial charge in [0.15, 0.2) is 0 Å². The Bertz CT molecular complexity index is 1180. The third-order valence-electron chi connectivity index (χ3n) is 4.78. The largest absolute Gasteiger partial charge is 0.288 e. The minimum atomic E-state index is -3.87. The zero-order valence-electron chi connectivity index (χ0n) is 16.5. The number of carbonyl (C=O) groups excluding carboxylic acids is 1. The summed E-state index contributed by atoms with van der Waals surface area (Å²) in [6.45, 7) is 1.92. The molecule has 0 unspecified atom stereocenters. The maximum Gasteiger partial charge on any atom is 0.274 e. The summed E-state index contributed by atoms with van der Waals surface area (Å²) in [5, 5.41) is 9.15. The summed E-state index contributed by atoms with van der Waals surface area (Å²) in [7, 11) is -3.87. The van der Waals surface area contributed by atoms with Crippen LogP contribution in [-0.4, -0.2) is 23.8 Å². The van der Waals surface area contributed by atoms with E-state index in [1.54, 1.807) is 42.7 Å². The molecule has 6 nitrogen and oxygen atoms in total. The average molecular weight is 524 g/mol. The lowest BCUT2D eigenvalue weighted by Gasteiger charge is -2.24. The van der Waals surface area contributed by atoms with Crippen molar-refractivity contribution < 1.29 is 18.4 Å². The van der Waals surface area contributed by atoms with Gasteiger partial charge in [-0.25, -0.2) is 13.9 Å². The van der Waals surface area contributed by atoms with Crippen molar-refractivity contribution in [3.05, 3.63) is 98.5 Å². The molecule has 0 aliphatic rings. The third kappa shape index (κ3) is 5.53. The summed E-state index contributed by atoms with van der Waals surface area (Å²) in [5.41, 5.74) is 3.84. The first kappa shape index (κ1) is 23.4. The quantitative estimate of drug-likeness (QED) is 0.340. The molecule has 0 saturated heterocycles. The van der Waals surface area contributed by atoms with Gasteiger partial charge in [0.25, 0.3) is 5.91 Å². The van der Waals surface area contributed by atoms with Crippen molar-refractivity contribution in [3.63, 3.8) is 0 Å². The van der Waals surface area contributed by atoms with Gasteiger partial charge in [0.1, 0.15) is 0 Å². The Kier molecular flexibility index (Phi) is 7.51. The second-order valence-electron chi connectivity index (χ2n) is 6.90. The highest BCUT2D eigenvalue weighted by molar-refractivity contribution is 9.10. The van der Waals surface area contributed by atoms with Crippen LogP contribution in [0.4, 0.5) is 0 Å². The first-order valence-corrected chi connectivity index (χ1v) is 11.9. The molecule has 0 spiro atoms. The van der Waals surface area contributed by atoms with E-state index in [0.29, 0.717) is 16.1 Å². The van der Waals surface area contributed by atoms with E-state index in [0.717, 1.165) is 10.0 Å². The van der Waals surface area contributed by atoms with Crippen molar-refractivity contribution in [2.45, 2.75) is 24.9 Å². The van der Waals surface area contributed by atoms with Crippen LogP contribution in [0.15, 0.2) is 76.1 Å². The lowest BCUT2D eigenvalue weighted by molar-refractivity contribution is 0.0706. The molecule has 2 N–H and O–H groups in total. The number of hydroxylamine groups is 1.